The Balaban J connectivity index is 2.06. The van der Waals surface area contributed by atoms with Crippen molar-refractivity contribution < 1.29 is 0 Å². The molecule has 0 amide bonds. The zero-order chi connectivity index (χ0) is 14.3. The molecule has 0 N–H and O–H groups in total. The summed E-state index contributed by atoms with van der Waals surface area (Å²) in [4.78, 5) is 16.3. The summed E-state index contributed by atoms with van der Waals surface area (Å²) >= 11 is 11.8. The average molecular weight is 309 g/mol. The van der Waals surface area contributed by atoms with Gasteiger partial charge in [-0.05, 0) is 19.1 Å². The first-order chi connectivity index (χ1) is 9.54. The Kier molecular flexibility index (Phi) is 3.23. The van der Waals surface area contributed by atoms with Crippen LogP contribution >= 0.6 is 23.2 Å². The van der Waals surface area contributed by atoms with E-state index >= 15 is 0 Å². The van der Waals surface area contributed by atoms with Crippen molar-refractivity contribution >= 4 is 28.7 Å². The third kappa shape index (κ3) is 2.30. The van der Waals surface area contributed by atoms with Gasteiger partial charge in [0.05, 0.1) is 12.2 Å². The van der Waals surface area contributed by atoms with Crippen LogP contribution in [0.15, 0.2) is 35.4 Å². The van der Waals surface area contributed by atoms with Crippen LogP contribution in [0.1, 0.15) is 11.3 Å². The third-order valence-electron chi connectivity index (χ3n) is 2.96. The second-order valence-corrected chi connectivity index (χ2v) is 5.18. The molecule has 3 heterocycles. The quantitative estimate of drug-likeness (QED) is 0.684. The number of pyridine rings is 1. The molecule has 0 atom stereocenters. The maximum absolute atomic E-state index is 12.3. The Morgan fingerprint density at radius 2 is 2.05 bits per heavy atom. The minimum Gasteiger partial charge on any atom is -0.308 e. The minimum absolute atomic E-state index is 0.126. The fourth-order valence-corrected chi connectivity index (χ4v) is 2.42. The second-order valence-electron chi connectivity index (χ2n) is 4.43. The van der Waals surface area contributed by atoms with Crippen molar-refractivity contribution in [3.8, 4) is 0 Å². The number of aryl methyl sites for hydroxylation is 1. The van der Waals surface area contributed by atoms with Crippen LogP contribution in [0.4, 0.5) is 0 Å². The van der Waals surface area contributed by atoms with Crippen molar-refractivity contribution in [1.82, 2.24) is 19.2 Å². The van der Waals surface area contributed by atoms with E-state index in [-0.39, 0.29) is 5.56 Å². The highest BCUT2D eigenvalue weighted by molar-refractivity contribution is 6.32. The maximum Gasteiger partial charge on any atom is 0.276 e. The third-order valence-corrected chi connectivity index (χ3v) is 3.50. The van der Waals surface area contributed by atoms with Crippen molar-refractivity contribution in [3.05, 3.63) is 62.5 Å². The Hall–Kier alpha value is -1.85. The lowest BCUT2D eigenvalue weighted by molar-refractivity contribution is 0.739. The molecule has 0 aliphatic rings. The molecule has 5 nitrogen and oxygen atoms in total. The highest BCUT2D eigenvalue weighted by atomic mass is 35.5. The number of aromatic nitrogens is 4. The molecule has 3 aromatic heterocycles. The zero-order valence-corrected chi connectivity index (χ0v) is 12.1. The summed E-state index contributed by atoms with van der Waals surface area (Å²) < 4.78 is 3.13. The van der Waals surface area contributed by atoms with Crippen LogP contribution in [0.25, 0.3) is 5.52 Å². The summed E-state index contributed by atoms with van der Waals surface area (Å²) in [5.41, 5.74) is 1.94. The van der Waals surface area contributed by atoms with Gasteiger partial charge in [-0.15, -0.1) is 0 Å². The van der Waals surface area contributed by atoms with E-state index < -0.39 is 0 Å². The molecule has 0 fully saturated rings. The first kappa shape index (κ1) is 13.1. The van der Waals surface area contributed by atoms with Crippen molar-refractivity contribution in [2.24, 2.45) is 0 Å². The fourth-order valence-electron chi connectivity index (χ4n) is 2.02. The van der Waals surface area contributed by atoms with Gasteiger partial charge in [0.15, 0.2) is 0 Å². The van der Waals surface area contributed by atoms with Crippen LogP contribution in [-0.2, 0) is 6.54 Å². The lowest BCUT2D eigenvalue weighted by Crippen LogP contribution is -2.22. The smallest absolute Gasteiger partial charge is 0.276 e. The van der Waals surface area contributed by atoms with Crippen LogP contribution in [0, 0.1) is 6.92 Å². The Morgan fingerprint density at radius 3 is 2.80 bits per heavy atom. The Labute approximate surface area is 124 Å². The first-order valence-electron chi connectivity index (χ1n) is 5.91. The van der Waals surface area contributed by atoms with Crippen molar-refractivity contribution in [2.75, 3.05) is 0 Å². The molecule has 7 heteroatoms. The topological polar surface area (TPSA) is 52.2 Å². The van der Waals surface area contributed by atoms with E-state index in [1.165, 1.54) is 0 Å². The molecule has 0 spiro atoms. The molecule has 0 saturated heterocycles. The van der Waals surface area contributed by atoms with Gasteiger partial charge in [0.2, 0.25) is 0 Å². The summed E-state index contributed by atoms with van der Waals surface area (Å²) in [6, 6.07) is 5.16. The number of rotatable bonds is 2. The van der Waals surface area contributed by atoms with Crippen molar-refractivity contribution in [2.45, 2.75) is 13.5 Å². The SMILES string of the molecule is Cc1cc2c(=O)n(Cc3ccc(Cl)nc3Cl)ccn2n1. The molecular weight excluding hydrogens is 299 g/mol. The van der Waals surface area contributed by atoms with Crippen LogP contribution < -0.4 is 5.56 Å². The second kappa shape index (κ2) is 4.92. The summed E-state index contributed by atoms with van der Waals surface area (Å²) in [6.07, 6.45) is 3.41. The molecule has 0 radical (unpaired) electrons. The number of hydrogen-bond acceptors (Lipinski definition) is 3. The van der Waals surface area contributed by atoms with Crippen LogP contribution in [0.2, 0.25) is 10.3 Å². The van der Waals surface area contributed by atoms with E-state index in [2.05, 4.69) is 10.1 Å². The maximum atomic E-state index is 12.3. The zero-order valence-electron chi connectivity index (χ0n) is 10.5. The summed E-state index contributed by atoms with van der Waals surface area (Å²) in [5, 5.41) is 4.83. The molecule has 102 valence electrons. The minimum atomic E-state index is -0.126. The van der Waals surface area contributed by atoms with Gasteiger partial charge in [0.1, 0.15) is 15.8 Å². The van der Waals surface area contributed by atoms with Gasteiger partial charge in [-0.25, -0.2) is 9.50 Å². The van der Waals surface area contributed by atoms with Crippen LogP contribution in [-0.4, -0.2) is 19.2 Å². The molecule has 0 saturated carbocycles. The van der Waals surface area contributed by atoms with Crippen LogP contribution in [0.5, 0.6) is 0 Å². The van der Waals surface area contributed by atoms with E-state index in [0.717, 1.165) is 11.3 Å². The first-order valence-corrected chi connectivity index (χ1v) is 6.66. The van der Waals surface area contributed by atoms with Crippen molar-refractivity contribution in [1.29, 1.82) is 0 Å². The van der Waals surface area contributed by atoms with Gasteiger partial charge < -0.3 is 4.57 Å². The molecule has 3 aromatic rings. The van der Waals surface area contributed by atoms with E-state index in [0.29, 0.717) is 22.4 Å². The highest BCUT2D eigenvalue weighted by Crippen LogP contribution is 2.17. The lowest BCUT2D eigenvalue weighted by Gasteiger charge is -2.07. The van der Waals surface area contributed by atoms with Gasteiger partial charge >= 0.3 is 0 Å². The van der Waals surface area contributed by atoms with E-state index in [9.17, 15) is 4.79 Å². The highest BCUT2D eigenvalue weighted by Gasteiger charge is 2.08. The number of nitrogens with zero attached hydrogens (tertiary/aromatic N) is 4. The standard InChI is InChI=1S/C13H10Cl2N4O/c1-8-6-10-13(20)18(4-5-19(10)17-8)7-9-2-3-11(14)16-12(9)15/h2-6H,7H2,1H3. The molecule has 3 rings (SSSR count). The lowest BCUT2D eigenvalue weighted by atomic mass is 10.3. The molecule has 0 aromatic carbocycles. The number of halogens is 2. The van der Waals surface area contributed by atoms with E-state index in [1.807, 2.05) is 6.92 Å². The molecule has 0 unspecified atom stereocenters. The summed E-state index contributed by atoms with van der Waals surface area (Å²) in [5.74, 6) is 0. The molecule has 0 aliphatic heterocycles. The predicted molar refractivity (Wildman–Crippen MR) is 77.5 cm³/mol. The van der Waals surface area contributed by atoms with E-state index in [4.69, 9.17) is 23.2 Å². The largest absolute Gasteiger partial charge is 0.308 e. The van der Waals surface area contributed by atoms with Gasteiger partial charge in [-0.3, -0.25) is 4.79 Å². The fraction of sp³-hybridized carbons (Fsp3) is 0.154. The number of fused-ring (bicyclic) bond motifs is 1. The van der Waals surface area contributed by atoms with Crippen molar-refractivity contribution in [3.63, 3.8) is 0 Å². The predicted octanol–water partition coefficient (Wildman–Crippen LogP) is 2.55. The monoisotopic (exact) mass is 308 g/mol. The summed E-state index contributed by atoms with van der Waals surface area (Å²) in [7, 11) is 0. The normalized spacial score (nSPS) is 11.2. The molecule has 20 heavy (non-hydrogen) atoms. The molecule has 0 aliphatic carbocycles. The van der Waals surface area contributed by atoms with Gasteiger partial charge in [-0.2, -0.15) is 5.10 Å². The molecular formula is C13H10Cl2N4O. The Bertz CT molecular complexity index is 853. The average Bonchev–Trinajstić information content (AvgIpc) is 2.77. The van der Waals surface area contributed by atoms with Gasteiger partial charge in [0, 0.05) is 18.0 Å². The molecule has 0 bridgehead atoms. The number of hydrogen-bond donors (Lipinski definition) is 0. The summed E-state index contributed by atoms with van der Waals surface area (Å²) in [6.45, 7) is 2.18. The Morgan fingerprint density at radius 1 is 1.25 bits per heavy atom. The van der Waals surface area contributed by atoms with Crippen LogP contribution in [0.3, 0.4) is 0 Å². The van der Waals surface area contributed by atoms with E-state index in [1.54, 1.807) is 39.7 Å². The van der Waals surface area contributed by atoms with Gasteiger partial charge in [0.25, 0.3) is 5.56 Å². The van der Waals surface area contributed by atoms with Gasteiger partial charge in [-0.1, -0.05) is 29.3 Å².